The molecule has 0 fully saturated rings. The van der Waals surface area contributed by atoms with Crippen molar-refractivity contribution in [3.05, 3.63) is 0 Å². The lowest BCUT2D eigenvalue weighted by molar-refractivity contribution is -0.164. The van der Waals surface area contributed by atoms with Gasteiger partial charge in [0.1, 0.15) is 11.2 Å². The minimum absolute atomic E-state index is 0.120. The number of unbranched alkanes of at least 4 members (excludes halogenated alkanes) is 7. The molecule has 0 N–H and O–H groups in total. The minimum Gasteiger partial charge on any atom is -0.459 e. The van der Waals surface area contributed by atoms with Crippen LogP contribution in [0.5, 0.6) is 0 Å². The highest BCUT2D eigenvalue weighted by Gasteiger charge is 2.31. The fourth-order valence-corrected chi connectivity index (χ4v) is 4.47. The van der Waals surface area contributed by atoms with Crippen molar-refractivity contribution in [3.8, 4) is 0 Å². The Balaban J connectivity index is 4.38. The first-order chi connectivity index (χ1) is 15.4. The Kier molecular flexibility index (Phi) is 17.8. The van der Waals surface area contributed by atoms with Crippen molar-refractivity contribution in [3.63, 3.8) is 0 Å². The van der Waals surface area contributed by atoms with Gasteiger partial charge in [0.15, 0.2) is 0 Å². The molecule has 0 aromatic rings. The van der Waals surface area contributed by atoms with Crippen LogP contribution in [-0.4, -0.2) is 23.1 Å². The molecule has 0 saturated carbocycles. The molecule has 0 amide bonds. The zero-order valence-corrected chi connectivity index (χ0v) is 22.4. The standard InChI is InChI=1S/C28H54O4/c1-7-13-15-19-23-27(9-3,10-4)31-25(29)21-17-18-22-26(30)32-28(11-5,12-6)24-20-16-14-8-2/h7-24H2,1-6H3. The van der Waals surface area contributed by atoms with Gasteiger partial charge in [0.25, 0.3) is 0 Å². The Labute approximate surface area is 199 Å². The molecule has 4 nitrogen and oxygen atoms in total. The molecule has 0 saturated heterocycles. The van der Waals surface area contributed by atoms with Gasteiger partial charge in [0.05, 0.1) is 0 Å². The molecule has 0 unspecified atom stereocenters. The lowest BCUT2D eigenvalue weighted by atomic mass is 9.90. The van der Waals surface area contributed by atoms with E-state index in [2.05, 4.69) is 41.5 Å². The monoisotopic (exact) mass is 454 g/mol. The predicted octanol–water partition coefficient (Wildman–Crippen LogP) is 8.69. The van der Waals surface area contributed by atoms with Crippen LogP contribution in [0.1, 0.15) is 157 Å². The van der Waals surface area contributed by atoms with Gasteiger partial charge in [-0.3, -0.25) is 9.59 Å². The van der Waals surface area contributed by atoms with E-state index in [1.54, 1.807) is 0 Å². The Bertz CT molecular complexity index is 434. The van der Waals surface area contributed by atoms with Crippen molar-refractivity contribution in [1.29, 1.82) is 0 Å². The zero-order valence-electron chi connectivity index (χ0n) is 22.4. The summed E-state index contributed by atoms with van der Waals surface area (Å²) >= 11 is 0. The lowest BCUT2D eigenvalue weighted by Crippen LogP contribution is -2.34. The molecule has 0 aliphatic rings. The summed E-state index contributed by atoms with van der Waals surface area (Å²) in [5, 5.41) is 0. The molecule has 0 rings (SSSR count). The van der Waals surface area contributed by atoms with Crippen LogP contribution >= 0.6 is 0 Å². The van der Waals surface area contributed by atoms with Gasteiger partial charge in [-0.15, -0.1) is 0 Å². The van der Waals surface area contributed by atoms with Crippen molar-refractivity contribution in [2.45, 2.75) is 168 Å². The Morgan fingerprint density at radius 2 is 0.844 bits per heavy atom. The summed E-state index contributed by atoms with van der Waals surface area (Å²) in [7, 11) is 0. The number of rotatable bonds is 21. The highest BCUT2D eigenvalue weighted by atomic mass is 16.6. The second kappa shape index (κ2) is 18.4. The van der Waals surface area contributed by atoms with Crippen molar-refractivity contribution in [1.82, 2.24) is 0 Å². The Morgan fingerprint density at radius 1 is 0.500 bits per heavy atom. The first-order valence-electron chi connectivity index (χ1n) is 13.8. The fraction of sp³-hybridized carbons (Fsp3) is 0.929. The van der Waals surface area contributed by atoms with Crippen LogP contribution in [0, 0.1) is 0 Å². The molecular weight excluding hydrogens is 400 g/mol. The number of esters is 2. The van der Waals surface area contributed by atoms with Crippen LogP contribution in [0.4, 0.5) is 0 Å². The molecule has 0 heterocycles. The summed E-state index contributed by atoms with van der Waals surface area (Å²) in [5.41, 5.74) is -0.632. The van der Waals surface area contributed by atoms with E-state index in [0.717, 1.165) is 51.4 Å². The van der Waals surface area contributed by atoms with Crippen LogP contribution in [0.2, 0.25) is 0 Å². The first kappa shape index (κ1) is 30.9. The van der Waals surface area contributed by atoms with Gasteiger partial charge in [0, 0.05) is 12.8 Å². The van der Waals surface area contributed by atoms with Crippen LogP contribution in [0.3, 0.4) is 0 Å². The minimum atomic E-state index is -0.316. The van der Waals surface area contributed by atoms with Crippen LogP contribution in [0.15, 0.2) is 0 Å². The predicted molar refractivity (Wildman–Crippen MR) is 135 cm³/mol. The van der Waals surface area contributed by atoms with Crippen molar-refractivity contribution < 1.29 is 19.1 Å². The SMILES string of the molecule is CCCCCCC(CC)(CC)OC(=O)CCCCC(=O)OC(CC)(CC)CCCCCC. The molecule has 0 aromatic heterocycles. The second-order valence-corrected chi connectivity index (χ2v) is 9.56. The Morgan fingerprint density at radius 3 is 1.12 bits per heavy atom. The molecular formula is C28H54O4. The quantitative estimate of drug-likeness (QED) is 0.128. The number of carbonyl (C=O) groups excluding carboxylic acids is 2. The number of carbonyl (C=O) groups is 2. The summed E-state index contributed by atoms with van der Waals surface area (Å²) in [6, 6.07) is 0. The third-order valence-electron chi connectivity index (χ3n) is 7.22. The third kappa shape index (κ3) is 12.8. The highest BCUT2D eigenvalue weighted by Crippen LogP contribution is 2.30. The normalized spacial score (nSPS) is 12.1. The molecule has 0 bridgehead atoms. The maximum Gasteiger partial charge on any atom is 0.306 e. The molecule has 0 aliphatic heterocycles. The Hall–Kier alpha value is -1.06. The lowest BCUT2D eigenvalue weighted by Gasteiger charge is -2.32. The number of hydrogen-bond acceptors (Lipinski definition) is 4. The molecule has 190 valence electrons. The molecule has 32 heavy (non-hydrogen) atoms. The van der Waals surface area contributed by atoms with E-state index in [0.29, 0.717) is 25.7 Å². The summed E-state index contributed by atoms with van der Waals surface area (Å²) in [4.78, 5) is 24.9. The van der Waals surface area contributed by atoms with Crippen molar-refractivity contribution in [2.75, 3.05) is 0 Å². The summed E-state index contributed by atoms with van der Waals surface area (Å²) in [5.74, 6) is -0.241. The van der Waals surface area contributed by atoms with Gasteiger partial charge in [-0.05, 0) is 64.2 Å². The van der Waals surface area contributed by atoms with Gasteiger partial charge in [-0.25, -0.2) is 0 Å². The van der Waals surface area contributed by atoms with E-state index in [-0.39, 0.29) is 23.1 Å². The molecule has 0 aromatic carbocycles. The average Bonchev–Trinajstić information content (AvgIpc) is 2.80. The van der Waals surface area contributed by atoms with Crippen LogP contribution < -0.4 is 0 Å². The maximum absolute atomic E-state index is 12.5. The smallest absolute Gasteiger partial charge is 0.306 e. The van der Waals surface area contributed by atoms with Gasteiger partial charge in [-0.1, -0.05) is 80.1 Å². The largest absolute Gasteiger partial charge is 0.459 e. The summed E-state index contributed by atoms with van der Waals surface area (Å²) in [6.07, 6.45) is 17.0. The molecule has 0 atom stereocenters. The van der Waals surface area contributed by atoms with Crippen LogP contribution in [-0.2, 0) is 19.1 Å². The van der Waals surface area contributed by atoms with Crippen LogP contribution in [0.25, 0.3) is 0 Å². The number of ether oxygens (including phenoxy) is 2. The van der Waals surface area contributed by atoms with E-state index in [9.17, 15) is 9.59 Å². The average molecular weight is 455 g/mol. The fourth-order valence-electron chi connectivity index (χ4n) is 4.47. The molecule has 0 radical (unpaired) electrons. The molecule has 0 spiro atoms. The first-order valence-corrected chi connectivity index (χ1v) is 13.8. The summed E-state index contributed by atoms with van der Waals surface area (Å²) < 4.78 is 11.9. The topological polar surface area (TPSA) is 52.6 Å². The second-order valence-electron chi connectivity index (χ2n) is 9.56. The zero-order chi connectivity index (χ0) is 24.3. The van der Waals surface area contributed by atoms with E-state index in [1.807, 2.05) is 0 Å². The van der Waals surface area contributed by atoms with Gasteiger partial charge < -0.3 is 9.47 Å². The van der Waals surface area contributed by atoms with E-state index in [1.165, 1.54) is 38.5 Å². The highest BCUT2D eigenvalue weighted by molar-refractivity contribution is 5.71. The van der Waals surface area contributed by atoms with E-state index < -0.39 is 0 Å². The van der Waals surface area contributed by atoms with Crippen molar-refractivity contribution in [2.24, 2.45) is 0 Å². The number of hydrogen-bond donors (Lipinski definition) is 0. The van der Waals surface area contributed by atoms with Gasteiger partial charge in [-0.2, -0.15) is 0 Å². The maximum atomic E-state index is 12.5. The van der Waals surface area contributed by atoms with Crippen molar-refractivity contribution >= 4 is 11.9 Å². The third-order valence-corrected chi connectivity index (χ3v) is 7.22. The van der Waals surface area contributed by atoms with Gasteiger partial charge in [0.2, 0.25) is 0 Å². The van der Waals surface area contributed by atoms with E-state index in [4.69, 9.17) is 9.47 Å². The van der Waals surface area contributed by atoms with E-state index >= 15 is 0 Å². The molecule has 0 aliphatic carbocycles. The van der Waals surface area contributed by atoms with Gasteiger partial charge >= 0.3 is 11.9 Å². The molecule has 4 heteroatoms. The summed E-state index contributed by atoms with van der Waals surface area (Å²) in [6.45, 7) is 12.9.